The monoisotopic (exact) mass is 382 g/mol. The van der Waals surface area contributed by atoms with E-state index in [9.17, 15) is 24.8 Å². The van der Waals surface area contributed by atoms with Crippen molar-refractivity contribution in [2.24, 2.45) is 5.10 Å². The van der Waals surface area contributed by atoms with E-state index in [-0.39, 0.29) is 22.9 Å². The van der Waals surface area contributed by atoms with Gasteiger partial charge in [0.25, 0.3) is 17.5 Å². The van der Waals surface area contributed by atoms with Crippen molar-refractivity contribution in [1.82, 2.24) is 10.3 Å². The Balaban J connectivity index is 1.66. The van der Waals surface area contributed by atoms with Crippen LogP contribution in [0.1, 0.15) is 28.8 Å². The minimum absolute atomic E-state index is 0.0383. The zero-order valence-electron chi connectivity index (χ0n) is 14.8. The Labute approximate surface area is 160 Å². The molecule has 1 atom stereocenters. The van der Waals surface area contributed by atoms with E-state index in [0.29, 0.717) is 24.9 Å². The van der Waals surface area contributed by atoms with Gasteiger partial charge in [0, 0.05) is 29.8 Å². The molecule has 0 aliphatic carbocycles. The molecule has 1 heterocycles. The van der Waals surface area contributed by atoms with Crippen LogP contribution < -0.4 is 5.43 Å². The van der Waals surface area contributed by atoms with Crippen LogP contribution in [0.5, 0.6) is 5.75 Å². The molecule has 0 saturated carbocycles. The van der Waals surface area contributed by atoms with E-state index in [4.69, 9.17) is 0 Å². The molecular weight excluding hydrogens is 364 g/mol. The third kappa shape index (κ3) is 4.14. The SMILES string of the molecule is O=C(N/N=C/c1ccccc1O)C1CCCN1C(=O)c1ccc([N+](=O)[O-])cc1. The van der Waals surface area contributed by atoms with Gasteiger partial charge in [-0.25, -0.2) is 5.43 Å². The van der Waals surface area contributed by atoms with Crippen LogP contribution in [0.4, 0.5) is 5.69 Å². The van der Waals surface area contributed by atoms with Crippen molar-refractivity contribution in [3.05, 3.63) is 69.8 Å². The van der Waals surface area contributed by atoms with Gasteiger partial charge in [-0.05, 0) is 37.1 Å². The highest BCUT2D eigenvalue weighted by Gasteiger charge is 2.34. The normalized spacial score (nSPS) is 16.3. The van der Waals surface area contributed by atoms with Crippen molar-refractivity contribution in [3.63, 3.8) is 0 Å². The number of para-hydroxylation sites is 1. The predicted molar refractivity (Wildman–Crippen MR) is 101 cm³/mol. The molecule has 1 saturated heterocycles. The first kappa shape index (κ1) is 19.0. The van der Waals surface area contributed by atoms with Crippen LogP contribution in [0.25, 0.3) is 0 Å². The molecule has 1 fully saturated rings. The molecule has 9 heteroatoms. The van der Waals surface area contributed by atoms with Crippen LogP contribution in [-0.2, 0) is 4.79 Å². The Hall–Kier alpha value is -3.75. The molecule has 144 valence electrons. The van der Waals surface area contributed by atoms with Gasteiger partial charge in [-0.3, -0.25) is 19.7 Å². The summed E-state index contributed by atoms with van der Waals surface area (Å²) in [7, 11) is 0. The zero-order chi connectivity index (χ0) is 20.1. The molecule has 1 aliphatic rings. The lowest BCUT2D eigenvalue weighted by molar-refractivity contribution is -0.384. The molecule has 2 amide bonds. The molecule has 1 aliphatic heterocycles. The number of hydrogen-bond donors (Lipinski definition) is 2. The molecule has 2 aromatic carbocycles. The maximum Gasteiger partial charge on any atom is 0.269 e. The van der Waals surface area contributed by atoms with Gasteiger partial charge in [0.15, 0.2) is 0 Å². The summed E-state index contributed by atoms with van der Waals surface area (Å²) in [6.07, 6.45) is 2.49. The highest BCUT2D eigenvalue weighted by molar-refractivity contribution is 5.98. The van der Waals surface area contributed by atoms with Gasteiger partial charge in [0.2, 0.25) is 0 Å². The van der Waals surface area contributed by atoms with Crippen LogP contribution in [-0.4, -0.2) is 45.5 Å². The fourth-order valence-electron chi connectivity index (χ4n) is 3.01. The number of nitrogens with one attached hydrogen (secondary N) is 1. The molecule has 3 rings (SSSR count). The fraction of sp³-hybridized carbons (Fsp3) is 0.211. The number of phenols is 1. The summed E-state index contributed by atoms with van der Waals surface area (Å²) in [6, 6.07) is 11.1. The maximum absolute atomic E-state index is 12.7. The summed E-state index contributed by atoms with van der Waals surface area (Å²) in [5.74, 6) is -0.756. The third-order valence-electron chi connectivity index (χ3n) is 4.46. The highest BCUT2D eigenvalue weighted by Crippen LogP contribution is 2.22. The number of nitro groups is 1. The van der Waals surface area contributed by atoms with Crippen molar-refractivity contribution < 1.29 is 19.6 Å². The molecule has 9 nitrogen and oxygen atoms in total. The fourth-order valence-corrected chi connectivity index (χ4v) is 3.01. The van der Waals surface area contributed by atoms with Crippen LogP contribution in [0, 0.1) is 10.1 Å². The quantitative estimate of drug-likeness (QED) is 0.465. The summed E-state index contributed by atoms with van der Waals surface area (Å²) < 4.78 is 0. The van der Waals surface area contributed by atoms with Crippen LogP contribution in [0.15, 0.2) is 53.6 Å². The van der Waals surface area contributed by atoms with E-state index in [2.05, 4.69) is 10.5 Å². The number of benzene rings is 2. The number of carbonyl (C=O) groups is 2. The number of carbonyl (C=O) groups excluding carboxylic acids is 2. The van der Waals surface area contributed by atoms with Crippen LogP contribution >= 0.6 is 0 Å². The molecule has 2 aromatic rings. The molecule has 0 bridgehead atoms. The Morgan fingerprint density at radius 1 is 1.21 bits per heavy atom. The summed E-state index contributed by atoms with van der Waals surface area (Å²) >= 11 is 0. The number of likely N-dealkylation sites (tertiary alicyclic amines) is 1. The number of phenolic OH excluding ortho intramolecular Hbond substituents is 1. The molecule has 0 spiro atoms. The van der Waals surface area contributed by atoms with E-state index in [1.165, 1.54) is 41.4 Å². The standard InChI is InChI=1S/C19H18N4O5/c24-17-6-2-1-4-14(17)12-20-21-18(25)16-5-3-11-22(16)19(26)13-7-9-15(10-8-13)23(27)28/h1-2,4,6-10,12,16,24H,3,5,11H2,(H,21,25)/b20-12+. The van der Waals surface area contributed by atoms with Gasteiger partial charge in [0.1, 0.15) is 11.8 Å². The van der Waals surface area contributed by atoms with E-state index >= 15 is 0 Å². The Bertz CT molecular complexity index is 926. The van der Waals surface area contributed by atoms with E-state index < -0.39 is 16.9 Å². The van der Waals surface area contributed by atoms with E-state index in [0.717, 1.165) is 0 Å². The molecule has 2 N–H and O–H groups in total. The Kier molecular flexibility index (Phi) is 5.64. The van der Waals surface area contributed by atoms with Gasteiger partial charge >= 0.3 is 0 Å². The topological polar surface area (TPSA) is 125 Å². The number of rotatable bonds is 5. The van der Waals surface area contributed by atoms with Crippen molar-refractivity contribution in [2.45, 2.75) is 18.9 Å². The molecular formula is C19H18N4O5. The van der Waals surface area contributed by atoms with Gasteiger partial charge in [0.05, 0.1) is 11.1 Å². The van der Waals surface area contributed by atoms with Gasteiger partial charge < -0.3 is 10.0 Å². The van der Waals surface area contributed by atoms with Crippen molar-refractivity contribution in [2.75, 3.05) is 6.54 Å². The summed E-state index contributed by atoms with van der Waals surface area (Å²) in [4.78, 5) is 36.8. The first-order valence-corrected chi connectivity index (χ1v) is 8.63. The maximum atomic E-state index is 12.7. The predicted octanol–water partition coefficient (Wildman–Crippen LogP) is 2.06. The van der Waals surface area contributed by atoms with E-state index in [1.54, 1.807) is 18.2 Å². The lowest BCUT2D eigenvalue weighted by Gasteiger charge is -2.23. The average molecular weight is 382 g/mol. The van der Waals surface area contributed by atoms with E-state index in [1.807, 2.05) is 0 Å². The summed E-state index contributed by atoms with van der Waals surface area (Å²) in [5, 5.41) is 24.3. The van der Waals surface area contributed by atoms with Crippen LogP contribution in [0.2, 0.25) is 0 Å². The number of amides is 2. The second kappa shape index (κ2) is 8.30. The van der Waals surface area contributed by atoms with Gasteiger partial charge in [-0.1, -0.05) is 12.1 Å². The second-order valence-electron chi connectivity index (χ2n) is 6.25. The molecule has 0 aromatic heterocycles. The first-order valence-electron chi connectivity index (χ1n) is 8.63. The highest BCUT2D eigenvalue weighted by atomic mass is 16.6. The van der Waals surface area contributed by atoms with Gasteiger partial charge in [-0.15, -0.1) is 0 Å². The first-order chi connectivity index (χ1) is 13.5. The Morgan fingerprint density at radius 2 is 1.93 bits per heavy atom. The smallest absolute Gasteiger partial charge is 0.269 e. The number of hydrogen-bond acceptors (Lipinski definition) is 6. The number of nitrogens with zero attached hydrogens (tertiary/aromatic N) is 3. The second-order valence-corrected chi connectivity index (χ2v) is 6.25. The third-order valence-corrected chi connectivity index (χ3v) is 4.46. The lowest BCUT2D eigenvalue weighted by Crippen LogP contribution is -2.44. The summed E-state index contributed by atoms with van der Waals surface area (Å²) in [6.45, 7) is 0.414. The number of aromatic hydroxyl groups is 1. The Morgan fingerprint density at radius 3 is 2.61 bits per heavy atom. The van der Waals surface area contributed by atoms with Crippen molar-refractivity contribution >= 4 is 23.7 Å². The van der Waals surface area contributed by atoms with Crippen molar-refractivity contribution in [1.29, 1.82) is 0 Å². The van der Waals surface area contributed by atoms with Crippen LogP contribution in [0.3, 0.4) is 0 Å². The summed E-state index contributed by atoms with van der Waals surface area (Å²) in [5.41, 5.74) is 3.02. The molecule has 1 unspecified atom stereocenters. The average Bonchev–Trinajstić information content (AvgIpc) is 3.19. The minimum atomic E-state index is -0.677. The largest absolute Gasteiger partial charge is 0.507 e. The number of nitro benzene ring substituents is 1. The minimum Gasteiger partial charge on any atom is -0.507 e. The lowest BCUT2D eigenvalue weighted by atomic mass is 10.1. The van der Waals surface area contributed by atoms with Crippen molar-refractivity contribution in [3.8, 4) is 5.75 Å². The number of non-ortho nitro benzene ring substituents is 1. The molecule has 28 heavy (non-hydrogen) atoms. The zero-order valence-corrected chi connectivity index (χ0v) is 14.8. The molecule has 0 radical (unpaired) electrons. The van der Waals surface area contributed by atoms with Gasteiger partial charge in [-0.2, -0.15) is 5.10 Å². The number of hydrazone groups is 1.